The van der Waals surface area contributed by atoms with Gasteiger partial charge in [-0.15, -0.1) is 0 Å². The third-order valence-electron chi connectivity index (χ3n) is 9.24. The van der Waals surface area contributed by atoms with E-state index in [9.17, 15) is 0 Å². The first kappa shape index (κ1) is 32.3. The quantitative estimate of drug-likeness (QED) is 0.127. The number of fused-ring (bicyclic) bond motifs is 2. The molecule has 8 rings (SSSR count). The van der Waals surface area contributed by atoms with Crippen molar-refractivity contribution in [3.63, 3.8) is 0 Å². The number of nitrogens with zero attached hydrogens (tertiary/aromatic N) is 1. The summed E-state index contributed by atoms with van der Waals surface area (Å²) in [6.07, 6.45) is 5.89. The van der Waals surface area contributed by atoms with Crippen LogP contribution in [0.5, 0.6) is 0 Å². The number of anilines is 3. The highest BCUT2D eigenvalue weighted by Crippen LogP contribution is 2.38. The Morgan fingerprint density at radius 2 is 1.31 bits per heavy atom. The molecule has 1 heterocycles. The second-order valence-electron chi connectivity index (χ2n) is 12.7. The monoisotopic (exact) mass is 670 g/mol. The molecule has 0 saturated heterocycles. The molecule has 250 valence electrons. The Labute approximate surface area is 305 Å². The van der Waals surface area contributed by atoms with Gasteiger partial charge in [0.05, 0.1) is 5.71 Å². The predicted octanol–water partition coefficient (Wildman–Crippen LogP) is 11.7. The van der Waals surface area contributed by atoms with Crippen LogP contribution in [0, 0.1) is 0 Å². The minimum atomic E-state index is -0.353. The van der Waals surface area contributed by atoms with E-state index in [0.717, 1.165) is 67.3 Å². The lowest BCUT2D eigenvalue weighted by Gasteiger charge is -2.26. The maximum Gasteiger partial charge on any atom is 0.194 e. The third kappa shape index (κ3) is 7.05. The van der Waals surface area contributed by atoms with Crippen molar-refractivity contribution in [2.24, 2.45) is 4.99 Å². The fraction of sp³-hybridized carbons (Fsp3) is 0.0208. The fourth-order valence-electron chi connectivity index (χ4n) is 6.70. The molecular weight excluding hydrogens is 633 g/mol. The number of rotatable bonds is 10. The number of allylic oxidation sites excluding steroid dienone is 4. The van der Waals surface area contributed by atoms with Crippen LogP contribution in [0.25, 0.3) is 33.0 Å². The normalized spacial score (nSPS) is 14.0. The van der Waals surface area contributed by atoms with Crippen molar-refractivity contribution in [3.05, 3.63) is 223 Å². The SMILES string of the molecule is C=C(/C=C(\C=C/NC1N=C(c2ccccc2)c2ccccc2N1)c1cccc(-c2c(Nc3ccccc3)ccc3ccccc23)c1)c1ccccc1. The molecule has 1 atom stereocenters. The summed E-state index contributed by atoms with van der Waals surface area (Å²) in [5.74, 6) is 0. The second-order valence-corrected chi connectivity index (χ2v) is 12.7. The molecular formula is C48H38N4. The number of hydrogen-bond acceptors (Lipinski definition) is 4. The Kier molecular flexibility index (Phi) is 9.26. The summed E-state index contributed by atoms with van der Waals surface area (Å²) in [5, 5.41) is 13.1. The molecule has 3 N–H and O–H groups in total. The standard InChI is InChI=1S/C48H38N4/c1-34(35-16-5-2-6-17-35)32-39(30-31-49-48-51-44-27-14-13-26-43(44)47(52-48)37-19-7-3-8-20-37)38-21-15-22-40(33-38)46-42-25-12-11-18-36(42)28-29-45(46)50-41-23-9-4-10-24-41/h2-33,48-51H,1H2/b31-30-,39-32+. The number of nitrogens with one attached hydrogen (secondary N) is 3. The van der Waals surface area contributed by atoms with Crippen molar-refractivity contribution in [1.82, 2.24) is 5.32 Å². The molecule has 1 aliphatic rings. The van der Waals surface area contributed by atoms with Crippen LogP contribution in [0.2, 0.25) is 0 Å². The van der Waals surface area contributed by atoms with Crippen molar-refractivity contribution >= 4 is 44.7 Å². The van der Waals surface area contributed by atoms with E-state index in [4.69, 9.17) is 4.99 Å². The fourth-order valence-corrected chi connectivity index (χ4v) is 6.70. The van der Waals surface area contributed by atoms with Crippen molar-refractivity contribution in [2.75, 3.05) is 10.6 Å². The zero-order chi connectivity index (χ0) is 35.1. The van der Waals surface area contributed by atoms with Crippen LogP contribution in [-0.2, 0) is 0 Å². The summed E-state index contributed by atoms with van der Waals surface area (Å²) in [7, 11) is 0. The average Bonchev–Trinajstić information content (AvgIpc) is 3.21. The molecule has 0 saturated carbocycles. The van der Waals surface area contributed by atoms with Crippen LogP contribution in [0.15, 0.2) is 206 Å². The third-order valence-corrected chi connectivity index (χ3v) is 9.24. The minimum absolute atomic E-state index is 0.353. The molecule has 1 aliphatic heterocycles. The molecule has 0 bridgehead atoms. The van der Waals surface area contributed by atoms with Crippen LogP contribution in [0.4, 0.5) is 17.1 Å². The summed E-state index contributed by atoms with van der Waals surface area (Å²) >= 11 is 0. The van der Waals surface area contributed by atoms with Crippen molar-refractivity contribution in [1.29, 1.82) is 0 Å². The van der Waals surface area contributed by atoms with Gasteiger partial charge in [0.25, 0.3) is 0 Å². The van der Waals surface area contributed by atoms with Gasteiger partial charge in [-0.25, -0.2) is 4.99 Å². The molecule has 0 spiro atoms. The van der Waals surface area contributed by atoms with E-state index in [2.05, 4.69) is 174 Å². The maximum absolute atomic E-state index is 5.10. The summed E-state index contributed by atoms with van der Waals surface area (Å²) in [6, 6.07) is 61.0. The topological polar surface area (TPSA) is 48.5 Å². The van der Waals surface area contributed by atoms with E-state index in [1.165, 1.54) is 10.8 Å². The number of benzene rings is 7. The Bertz CT molecular complexity index is 2440. The first-order valence-corrected chi connectivity index (χ1v) is 17.5. The Hall–Kier alpha value is -6.91. The largest absolute Gasteiger partial charge is 0.355 e. The van der Waals surface area contributed by atoms with Gasteiger partial charge in [0.2, 0.25) is 0 Å². The van der Waals surface area contributed by atoms with Crippen LogP contribution in [0.3, 0.4) is 0 Å². The van der Waals surface area contributed by atoms with Gasteiger partial charge in [0, 0.05) is 40.0 Å². The summed E-state index contributed by atoms with van der Waals surface area (Å²) in [6.45, 7) is 4.46. The number of para-hydroxylation sites is 2. The summed E-state index contributed by atoms with van der Waals surface area (Å²) in [4.78, 5) is 5.10. The first-order valence-electron chi connectivity index (χ1n) is 17.5. The van der Waals surface area contributed by atoms with Gasteiger partial charge < -0.3 is 16.0 Å². The van der Waals surface area contributed by atoms with Crippen molar-refractivity contribution in [3.8, 4) is 11.1 Å². The van der Waals surface area contributed by atoms with Crippen LogP contribution in [0.1, 0.15) is 22.3 Å². The van der Waals surface area contributed by atoms with Gasteiger partial charge in [-0.1, -0.05) is 152 Å². The summed E-state index contributed by atoms with van der Waals surface area (Å²) in [5.41, 5.74) is 12.6. The van der Waals surface area contributed by atoms with E-state index in [1.807, 2.05) is 42.6 Å². The van der Waals surface area contributed by atoms with E-state index >= 15 is 0 Å². The molecule has 7 aromatic rings. The Morgan fingerprint density at radius 3 is 2.13 bits per heavy atom. The zero-order valence-corrected chi connectivity index (χ0v) is 28.7. The zero-order valence-electron chi connectivity index (χ0n) is 28.7. The van der Waals surface area contributed by atoms with Crippen LogP contribution in [-0.4, -0.2) is 12.0 Å². The van der Waals surface area contributed by atoms with Crippen molar-refractivity contribution < 1.29 is 0 Å². The average molecular weight is 671 g/mol. The predicted molar refractivity (Wildman–Crippen MR) is 221 cm³/mol. The van der Waals surface area contributed by atoms with Gasteiger partial charge >= 0.3 is 0 Å². The van der Waals surface area contributed by atoms with Crippen LogP contribution < -0.4 is 16.0 Å². The van der Waals surface area contributed by atoms with Gasteiger partial charge in [-0.3, -0.25) is 0 Å². The van der Waals surface area contributed by atoms with E-state index in [-0.39, 0.29) is 6.29 Å². The lowest BCUT2D eigenvalue weighted by Crippen LogP contribution is -2.35. The molecule has 4 nitrogen and oxygen atoms in total. The van der Waals surface area contributed by atoms with Gasteiger partial charge in [0.1, 0.15) is 0 Å². The van der Waals surface area contributed by atoms with Crippen molar-refractivity contribution in [2.45, 2.75) is 6.29 Å². The molecule has 0 aliphatic carbocycles. The van der Waals surface area contributed by atoms with Gasteiger partial charge in [-0.2, -0.15) is 0 Å². The van der Waals surface area contributed by atoms with Gasteiger partial charge in [-0.05, 0) is 81.1 Å². The van der Waals surface area contributed by atoms with E-state index < -0.39 is 0 Å². The lowest BCUT2D eigenvalue weighted by atomic mass is 9.92. The highest BCUT2D eigenvalue weighted by atomic mass is 15.3. The van der Waals surface area contributed by atoms with Gasteiger partial charge in [0.15, 0.2) is 6.29 Å². The molecule has 7 aromatic carbocycles. The Balaban J connectivity index is 1.17. The molecule has 0 radical (unpaired) electrons. The Morgan fingerprint density at radius 1 is 0.635 bits per heavy atom. The molecule has 4 heteroatoms. The number of aliphatic imine (C=N–C) groups is 1. The smallest absolute Gasteiger partial charge is 0.194 e. The molecule has 0 fully saturated rings. The lowest BCUT2D eigenvalue weighted by molar-refractivity contribution is 0.683. The first-order chi connectivity index (χ1) is 25.7. The number of hydrogen-bond donors (Lipinski definition) is 3. The highest BCUT2D eigenvalue weighted by molar-refractivity contribution is 6.16. The molecule has 1 unspecified atom stereocenters. The van der Waals surface area contributed by atoms with Crippen LogP contribution >= 0.6 is 0 Å². The highest BCUT2D eigenvalue weighted by Gasteiger charge is 2.20. The summed E-state index contributed by atoms with van der Waals surface area (Å²) < 4.78 is 0. The maximum atomic E-state index is 5.10. The molecule has 52 heavy (non-hydrogen) atoms. The molecule has 0 amide bonds. The van der Waals surface area contributed by atoms with E-state index in [0.29, 0.717) is 0 Å². The molecule has 0 aromatic heterocycles. The second kappa shape index (κ2) is 14.9. The van der Waals surface area contributed by atoms with E-state index in [1.54, 1.807) is 0 Å². The minimum Gasteiger partial charge on any atom is -0.355 e.